The normalized spacial score (nSPS) is 41.9. The maximum Gasteiger partial charge on any atom is 0.219 e. The molecule has 0 aromatic carbocycles. The Balaban J connectivity index is 2.31. The largest absolute Gasteiger partial charge is 0.829 e. The predicted molar refractivity (Wildman–Crippen MR) is 97.5 cm³/mol. The third kappa shape index (κ3) is 5.08. The summed E-state index contributed by atoms with van der Waals surface area (Å²) < 4.78 is 11.1. The van der Waals surface area contributed by atoms with Gasteiger partial charge in [0.15, 0.2) is 0 Å². The lowest BCUT2D eigenvalue weighted by molar-refractivity contribution is -0.526. The Kier molecular flexibility index (Phi) is 8.53. The lowest BCUT2D eigenvalue weighted by Crippen LogP contribution is -2.70. The van der Waals surface area contributed by atoms with Gasteiger partial charge in [-0.15, -0.1) is 0 Å². The summed E-state index contributed by atoms with van der Waals surface area (Å²) in [7, 11) is 1.32. The Labute approximate surface area is 174 Å². The van der Waals surface area contributed by atoms with E-state index >= 15 is 0 Å². The van der Waals surface area contributed by atoms with E-state index in [-0.39, 0.29) is 6.42 Å². The third-order valence-electron chi connectivity index (χ3n) is 5.84. The number of carbonyl (C=O) groups excluding carboxylic acids is 2. The minimum Gasteiger partial charge on any atom is -0.829 e. The van der Waals surface area contributed by atoms with Crippen molar-refractivity contribution < 1.29 is 49.7 Å². The van der Waals surface area contributed by atoms with E-state index in [4.69, 9.17) is 9.47 Å². The van der Waals surface area contributed by atoms with E-state index in [1.54, 1.807) is 0 Å². The molecule has 0 aromatic heterocycles. The van der Waals surface area contributed by atoms with Crippen molar-refractivity contribution in [1.82, 2.24) is 10.2 Å². The van der Waals surface area contributed by atoms with Crippen molar-refractivity contribution in [1.29, 1.82) is 0 Å². The fraction of sp³-hybridized carbons (Fsp3) is 0.889. The molecule has 12 heteroatoms. The number of rotatable bonds is 6. The molecule has 6 N–H and O–H groups in total. The second-order valence-corrected chi connectivity index (χ2v) is 7.86. The van der Waals surface area contributed by atoms with Crippen molar-refractivity contribution >= 4 is 11.8 Å². The number of hydrogen-bond acceptors (Lipinski definition) is 10. The van der Waals surface area contributed by atoms with Crippen LogP contribution in [0.4, 0.5) is 0 Å². The van der Waals surface area contributed by atoms with E-state index in [9.17, 15) is 40.2 Å². The van der Waals surface area contributed by atoms with Gasteiger partial charge in [0.1, 0.15) is 24.4 Å². The van der Waals surface area contributed by atoms with Crippen LogP contribution in [-0.4, -0.2) is 118 Å². The zero-order valence-corrected chi connectivity index (χ0v) is 17.1. The predicted octanol–water partition coefficient (Wildman–Crippen LogP) is -4.74. The van der Waals surface area contributed by atoms with Gasteiger partial charge in [0.2, 0.25) is 11.8 Å². The summed E-state index contributed by atoms with van der Waals surface area (Å²) in [6.45, 7) is 1.30. The van der Waals surface area contributed by atoms with Gasteiger partial charge in [-0.25, -0.2) is 0 Å². The molecular formula is C18H31N2O10-. The highest BCUT2D eigenvalue weighted by molar-refractivity contribution is 5.73. The highest BCUT2D eigenvalue weighted by atomic mass is 16.6. The van der Waals surface area contributed by atoms with Gasteiger partial charge < -0.3 is 50.3 Å². The molecule has 2 aliphatic rings. The molecule has 12 nitrogen and oxygen atoms in total. The fourth-order valence-corrected chi connectivity index (χ4v) is 4.08. The Hall–Kier alpha value is -1.38. The standard InChI is InChI=1S/C18H31N2O10/c1-7(23)19-12-10(4-9(5-21)14(25)15(12)26)29-17-11(6-22)30-18(28)13(16(17)27)20(3)8(2)24/h9-18,21-22,25-27H,4-6H2,1-3H3,(H,19,23)/q-1/t9-,10-,11-,12+,13-,14-,15-,16-,17-,18-/m1/s1. The van der Waals surface area contributed by atoms with Gasteiger partial charge in [-0.2, -0.15) is 0 Å². The van der Waals surface area contributed by atoms with Gasteiger partial charge in [-0.1, -0.05) is 0 Å². The molecule has 10 atom stereocenters. The van der Waals surface area contributed by atoms with Gasteiger partial charge in [0, 0.05) is 39.7 Å². The second kappa shape index (κ2) is 10.3. The zero-order valence-electron chi connectivity index (χ0n) is 17.1. The fourth-order valence-electron chi connectivity index (χ4n) is 4.08. The maximum atomic E-state index is 12.3. The summed E-state index contributed by atoms with van der Waals surface area (Å²) in [5.74, 6) is -1.76. The van der Waals surface area contributed by atoms with Crippen LogP contribution in [0, 0.1) is 5.92 Å². The molecule has 1 aliphatic heterocycles. The molecule has 1 saturated carbocycles. The van der Waals surface area contributed by atoms with Crippen LogP contribution < -0.4 is 10.4 Å². The molecule has 2 rings (SSSR count). The van der Waals surface area contributed by atoms with E-state index < -0.39 is 85.9 Å². The van der Waals surface area contributed by atoms with Crippen molar-refractivity contribution in [2.75, 3.05) is 20.3 Å². The van der Waals surface area contributed by atoms with Crippen LogP contribution in [0.25, 0.3) is 0 Å². The number of nitrogens with one attached hydrogen (secondary N) is 1. The van der Waals surface area contributed by atoms with Crippen molar-refractivity contribution in [3.63, 3.8) is 0 Å². The van der Waals surface area contributed by atoms with Crippen molar-refractivity contribution in [2.24, 2.45) is 5.92 Å². The lowest BCUT2D eigenvalue weighted by Gasteiger charge is -2.52. The summed E-state index contributed by atoms with van der Waals surface area (Å²) >= 11 is 0. The summed E-state index contributed by atoms with van der Waals surface area (Å²) in [6, 6.07) is -2.39. The molecule has 1 aliphatic carbocycles. The Bertz CT molecular complexity index is 608. The van der Waals surface area contributed by atoms with Crippen LogP contribution in [0.1, 0.15) is 20.3 Å². The smallest absolute Gasteiger partial charge is 0.219 e. The van der Waals surface area contributed by atoms with E-state index in [0.29, 0.717) is 0 Å². The molecule has 0 unspecified atom stereocenters. The van der Waals surface area contributed by atoms with E-state index in [0.717, 1.165) is 4.90 Å². The van der Waals surface area contributed by atoms with Gasteiger partial charge in [0.05, 0.1) is 30.9 Å². The van der Waals surface area contributed by atoms with E-state index in [2.05, 4.69) is 5.32 Å². The zero-order chi connectivity index (χ0) is 22.7. The van der Waals surface area contributed by atoms with E-state index in [1.807, 2.05) is 0 Å². The van der Waals surface area contributed by atoms with Gasteiger partial charge in [0.25, 0.3) is 0 Å². The number of aliphatic hydroxyl groups is 5. The summed E-state index contributed by atoms with van der Waals surface area (Å²) in [4.78, 5) is 24.3. The van der Waals surface area contributed by atoms with Crippen LogP contribution in [-0.2, 0) is 19.1 Å². The quantitative estimate of drug-likeness (QED) is 0.236. The molecule has 0 bridgehead atoms. The lowest BCUT2D eigenvalue weighted by atomic mass is 9.79. The minimum absolute atomic E-state index is 0.00899. The van der Waals surface area contributed by atoms with Gasteiger partial charge in [-0.3, -0.25) is 9.59 Å². The van der Waals surface area contributed by atoms with Crippen LogP contribution in [0.5, 0.6) is 0 Å². The summed E-state index contributed by atoms with van der Waals surface area (Å²) in [6.07, 6.45) is -9.66. The Morgan fingerprint density at radius 2 is 1.77 bits per heavy atom. The minimum atomic E-state index is -1.83. The molecule has 174 valence electrons. The topological polar surface area (TPSA) is 192 Å². The first-order valence-corrected chi connectivity index (χ1v) is 9.76. The summed E-state index contributed by atoms with van der Waals surface area (Å²) in [5, 5.41) is 65.4. The number of amides is 2. The van der Waals surface area contributed by atoms with Gasteiger partial charge in [-0.05, 0) is 6.42 Å². The van der Waals surface area contributed by atoms with Crippen molar-refractivity contribution in [3.05, 3.63) is 0 Å². The number of hydrogen-bond donors (Lipinski definition) is 6. The third-order valence-corrected chi connectivity index (χ3v) is 5.84. The maximum absolute atomic E-state index is 12.3. The number of ether oxygens (including phenoxy) is 2. The second-order valence-electron chi connectivity index (χ2n) is 7.86. The number of likely N-dealkylation sites (N-methyl/N-ethyl adjacent to an activating group) is 1. The molecule has 30 heavy (non-hydrogen) atoms. The molecule has 0 spiro atoms. The van der Waals surface area contributed by atoms with Crippen LogP contribution in [0.15, 0.2) is 0 Å². The highest BCUT2D eigenvalue weighted by Crippen LogP contribution is 2.32. The van der Waals surface area contributed by atoms with E-state index in [1.165, 1.54) is 20.9 Å². The summed E-state index contributed by atoms with van der Waals surface area (Å²) in [5.41, 5.74) is 0. The average Bonchev–Trinajstić information content (AvgIpc) is 2.68. The van der Waals surface area contributed by atoms with Crippen LogP contribution in [0.2, 0.25) is 0 Å². The van der Waals surface area contributed by atoms with Crippen molar-refractivity contribution in [2.45, 2.75) is 75.3 Å². The molecular weight excluding hydrogens is 404 g/mol. The first-order chi connectivity index (χ1) is 14.0. The average molecular weight is 435 g/mol. The number of carbonyl (C=O) groups is 2. The molecule has 2 amide bonds. The highest BCUT2D eigenvalue weighted by Gasteiger charge is 2.49. The molecule has 0 aromatic rings. The number of nitrogens with zero attached hydrogens (tertiary/aromatic N) is 1. The Morgan fingerprint density at radius 1 is 1.13 bits per heavy atom. The molecule has 1 heterocycles. The van der Waals surface area contributed by atoms with Gasteiger partial charge >= 0.3 is 0 Å². The Morgan fingerprint density at radius 3 is 2.27 bits per heavy atom. The van der Waals surface area contributed by atoms with Crippen molar-refractivity contribution in [3.8, 4) is 0 Å². The first kappa shape index (κ1) is 24.9. The van der Waals surface area contributed by atoms with Crippen LogP contribution in [0.3, 0.4) is 0 Å². The molecule has 1 saturated heterocycles. The monoisotopic (exact) mass is 435 g/mol. The molecule has 2 fully saturated rings. The van der Waals surface area contributed by atoms with Crippen LogP contribution >= 0.6 is 0 Å². The number of aliphatic hydroxyl groups excluding tert-OH is 5. The first-order valence-electron chi connectivity index (χ1n) is 9.76. The SMILES string of the molecule is CC(=O)N[C@@H]1[C@@H](O)[C@H](O)[C@@H](CO)C[C@H]1O[C@H]1[C@H](O)[C@@H](N(C)C(C)=O)[C@H]([O-])O[C@@H]1CO. The molecule has 0 radical (unpaired) electrons.